The highest BCUT2D eigenvalue weighted by Crippen LogP contribution is 2.28. The average molecular weight is 893 g/mol. The second-order valence-corrected chi connectivity index (χ2v) is 19.5. The molecule has 17 heteroatoms. The molecular weight excluding hydrogens is 821 g/mol. The Hall–Kier alpha value is -5.22. The highest BCUT2D eigenvalue weighted by Gasteiger charge is 2.46. The van der Waals surface area contributed by atoms with Crippen LogP contribution in [0.2, 0.25) is 0 Å². The number of aromatic hydroxyl groups is 1. The van der Waals surface area contributed by atoms with E-state index in [1.165, 1.54) is 26.8 Å². The third-order valence-electron chi connectivity index (χ3n) is 13.2. The molecule has 4 fully saturated rings. The molecule has 64 heavy (non-hydrogen) atoms. The zero-order valence-electron chi connectivity index (χ0n) is 39.0. The summed E-state index contributed by atoms with van der Waals surface area (Å²) in [4.78, 5) is 119. The molecule has 0 spiro atoms. The molecule has 5 rings (SSSR count). The maximum Gasteiger partial charge on any atom is 0.246 e. The van der Waals surface area contributed by atoms with Gasteiger partial charge in [0, 0.05) is 26.1 Å². The first-order valence-electron chi connectivity index (χ1n) is 23.5. The third-order valence-corrected chi connectivity index (χ3v) is 13.2. The Balaban J connectivity index is 1.56. The van der Waals surface area contributed by atoms with Crippen LogP contribution < -0.4 is 26.6 Å². The first-order chi connectivity index (χ1) is 30.3. The number of rotatable bonds is 9. The Morgan fingerprint density at radius 3 is 1.52 bits per heavy atom. The van der Waals surface area contributed by atoms with Crippen LogP contribution in [-0.4, -0.2) is 135 Å². The highest BCUT2D eigenvalue weighted by atomic mass is 16.3. The lowest BCUT2D eigenvalue weighted by atomic mass is 9.95. The van der Waals surface area contributed by atoms with E-state index >= 15 is 0 Å². The predicted octanol–water partition coefficient (Wildman–Crippen LogP) is 2.14. The minimum Gasteiger partial charge on any atom is -0.508 e. The lowest BCUT2D eigenvalue weighted by molar-refractivity contribution is -0.148. The van der Waals surface area contributed by atoms with Gasteiger partial charge in [0.25, 0.3) is 0 Å². The maximum atomic E-state index is 14.5. The number of nitrogens with zero attached hydrogens (tertiary/aromatic N) is 3. The normalized spacial score (nSPS) is 28.9. The van der Waals surface area contributed by atoms with Gasteiger partial charge in [0.15, 0.2) is 0 Å². The quantitative estimate of drug-likeness (QED) is 0.213. The standard InChI is InChI=1S/C47H72N8O9/c1-9-29(8)39-44(61)50-34(24-27(4)5)45(62)55-22-12-15-37(55)46(63)53-20-10-13-35(53)42(59)49-33(25-30-16-18-31(56)19-17-30)41(58)51-38(28(6)7)47(64)54-21-11-14-36(54)43(60)48-32(23-26(2)3)40(57)52-39/h16-19,26-29,32-39,56H,9-15,20-25H2,1-8H3,(H,48,60)(H,49,59)(H,50,61)(H,51,58)(H,52,57)/t29?,32-,33-,34-,35-,36-,37-,38-,39-/m0/s1. The van der Waals surface area contributed by atoms with Crippen molar-refractivity contribution in [3.05, 3.63) is 29.8 Å². The monoisotopic (exact) mass is 893 g/mol. The first kappa shape index (κ1) is 49.8. The van der Waals surface area contributed by atoms with Crippen LogP contribution >= 0.6 is 0 Å². The molecule has 1 aromatic rings. The summed E-state index contributed by atoms with van der Waals surface area (Å²) >= 11 is 0. The Kier molecular flexibility index (Phi) is 17.2. The minimum atomic E-state index is -1.20. The van der Waals surface area contributed by atoms with Gasteiger partial charge in [-0.15, -0.1) is 0 Å². The molecule has 0 saturated carbocycles. The van der Waals surface area contributed by atoms with Crippen molar-refractivity contribution in [1.29, 1.82) is 0 Å². The van der Waals surface area contributed by atoms with E-state index in [2.05, 4.69) is 26.6 Å². The Morgan fingerprint density at radius 1 is 0.531 bits per heavy atom. The topological polar surface area (TPSA) is 227 Å². The molecule has 4 saturated heterocycles. The zero-order chi connectivity index (χ0) is 47.0. The highest BCUT2D eigenvalue weighted by molar-refractivity contribution is 5.99. The Morgan fingerprint density at radius 2 is 0.984 bits per heavy atom. The van der Waals surface area contributed by atoms with E-state index in [0.29, 0.717) is 50.5 Å². The van der Waals surface area contributed by atoms with Gasteiger partial charge in [-0.3, -0.25) is 38.4 Å². The summed E-state index contributed by atoms with van der Waals surface area (Å²) in [5.74, 6) is -5.01. The third kappa shape index (κ3) is 12.1. The molecule has 1 unspecified atom stereocenters. The van der Waals surface area contributed by atoms with Crippen LogP contribution in [0.15, 0.2) is 24.3 Å². The summed E-state index contributed by atoms with van der Waals surface area (Å²) in [6.07, 6.45) is 3.58. The van der Waals surface area contributed by atoms with Crippen molar-refractivity contribution in [3.63, 3.8) is 0 Å². The fourth-order valence-electron chi connectivity index (χ4n) is 9.46. The molecule has 6 N–H and O–H groups in total. The molecule has 0 aliphatic carbocycles. The van der Waals surface area contributed by atoms with E-state index in [1.54, 1.807) is 26.0 Å². The number of carbonyl (C=O) groups excluding carboxylic acids is 8. The van der Waals surface area contributed by atoms with Crippen LogP contribution in [-0.2, 0) is 44.8 Å². The number of phenols is 1. The van der Waals surface area contributed by atoms with E-state index in [1.807, 2.05) is 41.5 Å². The van der Waals surface area contributed by atoms with Gasteiger partial charge >= 0.3 is 0 Å². The van der Waals surface area contributed by atoms with E-state index in [4.69, 9.17) is 0 Å². The molecule has 354 valence electrons. The van der Waals surface area contributed by atoms with Crippen molar-refractivity contribution in [2.24, 2.45) is 23.7 Å². The zero-order valence-corrected chi connectivity index (χ0v) is 39.0. The first-order valence-corrected chi connectivity index (χ1v) is 23.5. The number of carbonyl (C=O) groups is 8. The molecule has 4 aliphatic rings. The van der Waals surface area contributed by atoms with E-state index < -0.39 is 95.6 Å². The summed E-state index contributed by atoms with van der Waals surface area (Å²) in [6.45, 7) is 15.7. The summed E-state index contributed by atoms with van der Waals surface area (Å²) in [5.41, 5.74) is 0.619. The largest absolute Gasteiger partial charge is 0.508 e. The second-order valence-electron chi connectivity index (χ2n) is 19.5. The molecule has 0 bridgehead atoms. The van der Waals surface area contributed by atoms with Crippen molar-refractivity contribution in [1.82, 2.24) is 41.3 Å². The van der Waals surface area contributed by atoms with Gasteiger partial charge < -0.3 is 46.4 Å². The summed E-state index contributed by atoms with van der Waals surface area (Å²) in [6, 6.07) is -2.00. The molecule has 17 nitrogen and oxygen atoms in total. The number of hydrogen-bond donors (Lipinski definition) is 6. The Labute approximate surface area is 377 Å². The molecule has 0 aromatic heterocycles. The van der Waals surface area contributed by atoms with Crippen LogP contribution in [0.25, 0.3) is 0 Å². The molecule has 9 atom stereocenters. The lowest BCUT2D eigenvalue weighted by Gasteiger charge is -2.35. The van der Waals surface area contributed by atoms with E-state index in [9.17, 15) is 43.5 Å². The van der Waals surface area contributed by atoms with Crippen LogP contribution in [0.4, 0.5) is 0 Å². The SMILES string of the molecule is CCC(C)[C@@H]1NC(=O)[C@H](CC(C)C)NC(=O)[C@@H]2CCCN2C(=O)[C@H](C(C)C)NC(=O)[C@H](Cc2ccc(O)cc2)NC(=O)[C@@H]2CCCN2C(=O)[C@@H]2CCCN2C(=O)[C@H](CC(C)C)NC1=O. The van der Waals surface area contributed by atoms with Crippen molar-refractivity contribution in [2.45, 2.75) is 168 Å². The molecule has 0 radical (unpaired) electrons. The average Bonchev–Trinajstić information content (AvgIpc) is 4.05. The molecule has 4 aliphatic heterocycles. The number of benzene rings is 1. The van der Waals surface area contributed by atoms with Gasteiger partial charge in [0.05, 0.1) is 0 Å². The number of amides is 8. The van der Waals surface area contributed by atoms with Gasteiger partial charge in [0.1, 0.15) is 54.1 Å². The van der Waals surface area contributed by atoms with Gasteiger partial charge in [-0.2, -0.15) is 0 Å². The summed E-state index contributed by atoms with van der Waals surface area (Å²) in [5, 5.41) is 24.5. The molecule has 1 aromatic carbocycles. The number of nitrogens with one attached hydrogen (secondary N) is 5. The smallest absolute Gasteiger partial charge is 0.246 e. The van der Waals surface area contributed by atoms with Crippen molar-refractivity contribution >= 4 is 47.3 Å². The second kappa shape index (κ2) is 22.1. The molecule has 4 heterocycles. The fourth-order valence-corrected chi connectivity index (χ4v) is 9.46. The lowest BCUT2D eigenvalue weighted by Crippen LogP contribution is -2.62. The molecular formula is C47H72N8O9. The van der Waals surface area contributed by atoms with Crippen LogP contribution in [0, 0.1) is 23.7 Å². The number of phenolic OH excluding ortho intramolecular Hbond substituents is 1. The minimum absolute atomic E-state index is 0.00265. The molecule has 8 amide bonds. The summed E-state index contributed by atoms with van der Waals surface area (Å²) in [7, 11) is 0. The van der Waals surface area contributed by atoms with E-state index in [-0.39, 0.29) is 68.3 Å². The van der Waals surface area contributed by atoms with E-state index in [0.717, 1.165) is 0 Å². The van der Waals surface area contributed by atoms with Crippen LogP contribution in [0.5, 0.6) is 5.75 Å². The van der Waals surface area contributed by atoms with Gasteiger partial charge in [-0.1, -0.05) is 73.9 Å². The van der Waals surface area contributed by atoms with Crippen molar-refractivity contribution < 1.29 is 43.5 Å². The van der Waals surface area contributed by atoms with Gasteiger partial charge in [-0.05, 0) is 92.7 Å². The van der Waals surface area contributed by atoms with Gasteiger partial charge in [-0.25, -0.2) is 0 Å². The number of hydrogen-bond acceptors (Lipinski definition) is 9. The van der Waals surface area contributed by atoms with Gasteiger partial charge in [0.2, 0.25) is 47.3 Å². The maximum absolute atomic E-state index is 14.5. The van der Waals surface area contributed by atoms with Crippen molar-refractivity contribution in [3.8, 4) is 5.75 Å². The summed E-state index contributed by atoms with van der Waals surface area (Å²) < 4.78 is 0. The number of fused-ring (bicyclic) bond motifs is 3. The van der Waals surface area contributed by atoms with Crippen LogP contribution in [0.1, 0.15) is 119 Å². The van der Waals surface area contributed by atoms with Crippen LogP contribution in [0.3, 0.4) is 0 Å². The van der Waals surface area contributed by atoms with Crippen molar-refractivity contribution in [2.75, 3.05) is 19.6 Å². The fraction of sp³-hybridized carbons (Fsp3) is 0.702. The Bertz CT molecular complexity index is 1870. The predicted molar refractivity (Wildman–Crippen MR) is 239 cm³/mol.